The van der Waals surface area contributed by atoms with Gasteiger partial charge in [-0.3, -0.25) is 0 Å². The second-order valence-electron chi connectivity index (χ2n) is 3.30. The molecule has 1 heterocycles. The Balaban J connectivity index is 2.07. The highest BCUT2D eigenvalue weighted by molar-refractivity contribution is 7.99. The number of rotatable bonds is 6. The highest BCUT2D eigenvalue weighted by Crippen LogP contribution is 2.17. The van der Waals surface area contributed by atoms with E-state index in [-0.39, 0.29) is 6.61 Å². The SMILES string of the molecule is Nc1ccc(SCCCOCC(F)(F)F)nc1. The van der Waals surface area contributed by atoms with Crippen LogP contribution in [-0.4, -0.2) is 30.1 Å². The van der Waals surface area contributed by atoms with E-state index >= 15 is 0 Å². The molecule has 1 rings (SSSR count). The van der Waals surface area contributed by atoms with Crippen LogP contribution in [0.15, 0.2) is 23.4 Å². The van der Waals surface area contributed by atoms with Crippen LogP contribution >= 0.6 is 11.8 Å². The Morgan fingerprint density at radius 3 is 2.71 bits per heavy atom. The highest BCUT2D eigenvalue weighted by atomic mass is 32.2. The third kappa shape index (κ3) is 7.06. The van der Waals surface area contributed by atoms with Crippen molar-refractivity contribution in [1.29, 1.82) is 0 Å². The van der Waals surface area contributed by atoms with Gasteiger partial charge in [0, 0.05) is 12.4 Å². The van der Waals surface area contributed by atoms with Gasteiger partial charge in [-0.1, -0.05) is 0 Å². The third-order valence-electron chi connectivity index (χ3n) is 1.71. The van der Waals surface area contributed by atoms with Gasteiger partial charge in [0.15, 0.2) is 0 Å². The molecule has 0 spiro atoms. The van der Waals surface area contributed by atoms with Gasteiger partial charge in [0.25, 0.3) is 0 Å². The number of anilines is 1. The van der Waals surface area contributed by atoms with Gasteiger partial charge in [0.1, 0.15) is 6.61 Å². The van der Waals surface area contributed by atoms with Crippen molar-refractivity contribution < 1.29 is 17.9 Å². The number of ether oxygens (including phenoxy) is 1. The monoisotopic (exact) mass is 266 g/mol. The van der Waals surface area contributed by atoms with Crippen molar-refractivity contribution in [3.8, 4) is 0 Å². The van der Waals surface area contributed by atoms with Gasteiger partial charge in [-0.05, 0) is 18.6 Å². The molecule has 0 saturated carbocycles. The van der Waals surface area contributed by atoms with Crippen LogP contribution in [0.25, 0.3) is 0 Å². The fraction of sp³-hybridized carbons (Fsp3) is 0.500. The predicted molar refractivity (Wildman–Crippen MR) is 60.9 cm³/mol. The van der Waals surface area contributed by atoms with Gasteiger partial charge in [-0.15, -0.1) is 11.8 Å². The molecule has 7 heteroatoms. The van der Waals surface area contributed by atoms with Crippen molar-refractivity contribution in [3.63, 3.8) is 0 Å². The van der Waals surface area contributed by atoms with Gasteiger partial charge < -0.3 is 10.5 Å². The van der Waals surface area contributed by atoms with Crippen LogP contribution in [0.3, 0.4) is 0 Å². The summed E-state index contributed by atoms with van der Waals surface area (Å²) in [5.74, 6) is 0.661. The molecule has 0 saturated heterocycles. The lowest BCUT2D eigenvalue weighted by atomic mass is 10.4. The topological polar surface area (TPSA) is 48.1 Å². The van der Waals surface area contributed by atoms with Crippen molar-refractivity contribution in [2.75, 3.05) is 24.7 Å². The van der Waals surface area contributed by atoms with Crippen LogP contribution in [0.5, 0.6) is 0 Å². The molecule has 2 N–H and O–H groups in total. The largest absolute Gasteiger partial charge is 0.411 e. The van der Waals surface area contributed by atoms with E-state index in [1.165, 1.54) is 11.8 Å². The first kappa shape index (κ1) is 14.1. The smallest absolute Gasteiger partial charge is 0.397 e. The van der Waals surface area contributed by atoms with E-state index < -0.39 is 12.8 Å². The van der Waals surface area contributed by atoms with E-state index in [1.54, 1.807) is 18.3 Å². The fourth-order valence-corrected chi connectivity index (χ4v) is 1.77. The second-order valence-corrected chi connectivity index (χ2v) is 4.41. The molecule has 3 nitrogen and oxygen atoms in total. The molecule has 0 bridgehead atoms. The molecular weight excluding hydrogens is 253 g/mol. The summed E-state index contributed by atoms with van der Waals surface area (Å²) in [4.78, 5) is 4.05. The number of alkyl halides is 3. The Labute approximate surface area is 102 Å². The molecule has 0 unspecified atom stereocenters. The number of hydrogen-bond donors (Lipinski definition) is 1. The standard InChI is InChI=1S/C10H13F3N2OS/c11-10(12,13)7-16-4-1-5-17-9-3-2-8(14)6-15-9/h2-3,6H,1,4-5,7,14H2. The second kappa shape index (κ2) is 6.70. The van der Waals surface area contributed by atoms with Crippen molar-refractivity contribution >= 4 is 17.4 Å². The number of nitrogens with two attached hydrogens (primary N) is 1. The van der Waals surface area contributed by atoms with Gasteiger partial charge in [0.05, 0.1) is 16.9 Å². The Hall–Kier alpha value is -0.950. The lowest BCUT2D eigenvalue weighted by Gasteiger charge is -2.07. The molecule has 0 aliphatic carbocycles. The van der Waals surface area contributed by atoms with Crippen molar-refractivity contribution in [2.45, 2.75) is 17.6 Å². The maximum absolute atomic E-state index is 11.7. The quantitative estimate of drug-likeness (QED) is 0.635. The molecule has 0 aromatic carbocycles. The van der Waals surface area contributed by atoms with Crippen molar-refractivity contribution in [3.05, 3.63) is 18.3 Å². The molecule has 0 fully saturated rings. The van der Waals surface area contributed by atoms with E-state index in [1.807, 2.05) is 0 Å². The minimum atomic E-state index is -4.24. The zero-order valence-electron chi connectivity index (χ0n) is 9.04. The summed E-state index contributed by atoms with van der Waals surface area (Å²) in [6, 6.07) is 3.51. The average molecular weight is 266 g/mol. The first-order valence-corrected chi connectivity index (χ1v) is 5.95. The molecule has 0 radical (unpaired) electrons. The Kier molecular flexibility index (Phi) is 5.57. The summed E-state index contributed by atoms with van der Waals surface area (Å²) in [5, 5.41) is 0.801. The van der Waals surface area contributed by atoms with Gasteiger partial charge in [0.2, 0.25) is 0 Å². The molecular formula is C10H13F3N2OS. The zero-order valence-corrected chi connectivity index (χ0v) is 9.85. The van der Waals surface area contributed by atoms with Crippen LogP contribution in [0, 0.1) is 0 Å². The van der Waals surface area contributed by atoms with E-state index in [0.717, 1.165) is 5.03 Å². The highest BCUT2D eigenvalue weighted by Gasteiger charge is 2.27. The maximum Gasteiger partial charge on any atom is 0.411 e. The van der Waals surface area contributed by atoms with Gasteiger partial charge >= 0.3 is 6.18 Å². The van der Waals surface area contributed by atoms with Crippen LogP contribution in [0.1, 0.15) is 6.42 Å². The zero-order chi connectivity index (χ0) is 12.7. The Morgan fingerprint density at radius 2 is 2.12 bits per heavy atom. The van der Waals surface area contributed by atoms with E-state index in [9.17, 15) is 13.2 Å². The van der Waals surface area contributed by atoms with Gasteiger partial charge in [-0.2, -0.15) is 13.2 Å². The summed E-state index contributed by atoms with van der Waals surface area (Å²) < 4.78 is 39.6. The number of nitrogen functional groups attached to an aromatic ring is 1. The lowest BCUT2D eigenvalue weighted by molar-refractivity contribution is -0.173. The van der Waals surface area contributed by atoms with E-state index in [2.05, 4.69) is 9.72 Å². The molecule has 1 aromatic heterocycles. The first-order chi connectivity index (χ1) is 7.97. The summed E-state index contributed by atoms with van der Waals surface area (Å²) in [5.41, 5.74) is 6.05. The summed E-state index contributed by atoms with van der Waals surface area (Å²) in [6.45, 7) is -1.08. The minimum Gasteiger partial charge on any atom is -0.397 e. The number of thioether (sulfide) groups is 1. The number of halogens is 3. The fourth-order valence-electron chi connectivity index (χ4n) is 1.00. The number of hydrogen-bond acceptors (Lipinski definition) is 4. The summed E-state index contributed by atoms with van der Waals surface area (Å²) in [7, 11) is 0. The summed E-state index contributed by atoms with van der Waals surface area (Å²) >= 11 is 1.46. The Morgan fingerprint density at radius 1 is 1.35 bits per heavy atom. The van der Waals surface area contributed by atoms with Crippen molar-refractivity contribution in [2.24, 2.45) is 0 Å². The van der Waals surface area contributed by atoms with Crippen LogP contribution in [-0.2, 0) is 4.74 Å². The van der Waals surface area contributed by atoms with Crippen LogP contribution < -0.4 is 5.73 Å². The Bertz CT molecular complexity index is 329. The third-order valence-corrected chi connectivity index (χ3v) is 2.74. The normalized spacial score (nSPS) is 11.7. The maximum atomic E-state index is 11.7. The van der Waals surface area contributed by atoms with Crippen LogP contribution in [0.2, 0.25) is 0 Å². The van der Waals surface area contributed by atoms with E-state index in [4.69, 9.17) is 5.73 Å². The molecule has 17 heavy (non-hydrogen) atoms. The number of pyridine rings is 1. The first-order valence-electron chi connectivity index (χ1n) is 4.96. The lowest BCUT2D eigenvalue weighted by Crippen LogP contribution is -2.17. The molecule has 0 atom stereocenters. The summed E-state index contributed by atoms with van der Waals surface area (Å²) in [6.07, 6.45) is -2.15. The number of nitrogens with zero attached hydrogens (tertiary/aromatic N) is 1. The van der Waals surface area contributed by atoms with Crippen molar-refractivity contribution in [1.82, 2.24) is 4.98 Å². The average Bonchev–Trinajstić information content (AvgIpc) is 2.24. The number of aromatic nitrogens is 1. The predicted octanol–water partition coefficient (Wildman–Crippen LogP) is 2.72. The molecule has 0 aliphatic heterocycles. The molecule has 0 aliphatic rings. The molecule has 96 valence electrons. The molecule has 1 aromatic rings. The van der Waals surface area contributed by atoms with Gasteiger partial charge in [-0.25, -0.2) is 4.98 Å². The molecule has 0 amide bonds. The van der Waals surface area contributed by atoms with Crippen LogP contribution in [0.4, 0.5) is 18.9 Å². The van der Waals surface area contributed by atoms with E-state index in [0.29, 0.717) is 17.9 Å². The minimum absolute atomic E-state index is 0.0987.